The van der Waals surface area contributed by atoms with Crippen molar-refractivity contribution in [2.24, 2.45) is 5.92 Å². The largest absolute Gasteiger partial charge is 0.507 e. The van der Waals surface area contributed by atoms with Gasteiger partial charge in [-0.2, -0.15) is 0 Å². The number of ketones is 1. The molecule has 0 spiro atoms. The number of fused-ring (bicyclic) bond motifs is 1. The van der Waals surface area contributed by atoms with Crippen LogP contribution in [0.15, 0.2) is 96.6 Å². The number of ether oxygens (including phenoxy) is 1. The second-order valence-corrected chi connectivity index (χ2v) is 9.84. The maximum absolute atomic E-state index is 13.4. The minimum Gasteiger partial charge on any atom is -0.507 e. The van der Waals surface area contributed by atoms with Crippen molar-refractivity contribution in [1.82, 2.24) is 0 Å². The van der Waals surface area contributed by atoms with Gasteiger partial charge in [-0.3, -0.25) is 14.5 Å². The van der Waals surface area contributed by atoms with Crippen molar-refractivity contribution in [2.45, 2.75) is 26.8 Å². The standard InChI is InChI=1S/C32H29NO4/c1-20(2)19-37-27-15-13-23(14-16-27)29-28(30(34)25-12-11-22-8-4-5-9-24(22)18-25)31(35)32(36)33(29)26-10-6-7-21(3)17-26/h4-18,20,29,34H,19H2,1-3H3/b30-28-. The van der Waals surface area contributed by atoms with E-state index in [-0.39, 0.29) is 11.3 Å². The molecule has 0 radical (unpaired) electrons. The van der Waals surface area contributed by atoms with Crippen LogP contribution in [-0.4, -0.2) is 23.4 Å². The molecule has 4 aromatic carbocycles. The van der Waals surface area contributed by atoms with E-state index >= 15 is 0 Å². The Morgan fingerprint density at radius 1 is 0.892 bits per heavy atom. The van der Waals surface area contributed by atoms with E-state index in [9.17, 15) is 14.7 Å². The molecule has 5 rings (SSSR count). The number of carbonyl (C=O) groups excluding carboxylic acids is 2. The van der Waals surface area contributed by atoms with Crippen LogP contribution in [0.4, 0.5) is 5.69 Å². The van der Waals surface area contributed by atoms with Gasteiger partial charge >= 0.3 is 0 Å². The zero-order valence-electron chi connectivity index (χ0n) is 21.1. The predicted molar refractivity (Wildman–Crippen MR) is 147 cm³/mol. The number of hydrogen-bond donors (Lipinski definition) is 1. The van der Waals surface area contributed by atoms with E-state index in [0.29, 0.717) is 35.1 Å². The summed E-state index contributed by atoms with van der Waals surface area (Å²) >= 11 is 0. The third-order valence-electron chi connectivity index (χ3n) is 6.53. The summed E-state index contributed by atoms with van der Waals surface area (Å²) in [6, 6.07) is 27.4. The first-order chi connectivity index (χ1) is 17.8. The van der Waals surface area contributed by atoms with Gasteiger partial charge in [-0.1, -0.05) is 74.5 Å². The van der Waals surface area contributed by atoms with E-state index in [1.807, 2.05) is 85.8 Å². The van der Waals surface area contributed by atoms with Gasteiger partial charge in [-0.15, -0.1) is 0 Å². The molecular formula is C32H29NO4. The van der Waals surface area contributed by atoms with Crippen LogP contribution in [0.1, 0.15) is 36.6 Å². The summed E-state index contributed by atoms with van der Waals surface area (Å²) in [7, 11) is 0. The summed E-state index contributed by atoms with van der Waals surface area (Å²) in [5.41, 5.74) is 2.83. The fourth-order valence-electron chi connectivity index (χ4n) is 4.69. The lowest BCUT2D eigenvalue weighted by atomic mass is 9.94. The molecule has 0 bridgehead atoms. The highest BCUT2D eigenvalue weighted by molar-refractivity contribution is 6.51. The Bertz CT molecular complexity index is 1520. The second-order valence-electron chi connectivity index (χ2n) is 9.84. The highest BCUT2D eigenvalue weighted by Gasteiger charge is 2.47. The summed E-state index contributed by atoms with van der Waals surface area (Å²) in [4.78, 5) is 28.3. The Kier molecular flexibility index (Phi) is 6.53. The van der Waals surface area contributed by atoms with Gasteiger partial charge in [-0.05, 0) is 65.1 Å². The average Bonchev–Trinajstić information content (AvgIpc) is 3.17. The number of benzene rings is 4. The van der Waals surface area contributed by atoms with E-state index < -0.39 is 17.7 Å². The molecule has 1 aliphatic heterocycles. The van der Waals surface area contributed by atoms with Crippen LogP contribution < -0.4 is 9.64 Å². The molecule has 1 heterocycles. The van der Waals surface area contributed by atoms with E-state index in [1.54, 1.807) is 12.1 Å². The molecule has 1 atom stereocenters. The fourth-order valence-corrected chi connectivity index (χ4v) is 4.69. The Labute approximate surface area is 216 Å². The molecule has 0 aliphatic carbocycles. The maximum Gasteiger partial charge on any atom is 0.300 e. The zero-order chi connectivity index (χ0) is 26.1. The molecule has 1 saturated heterocycles. The number of hydrogen-bond acceptors (Lipinski definition) is 4. The smallest absolute Gasteiger partial charge is 0.300 e. The lowest BCUT2D eigenvalue weighted by Crippen LogP contribution is -2.29. The molecule has 186 valence electrons. The van der Waals surface area contributed by atoms with E-state index in [1.165, 1.54) is 4.90 Å². The van der Waals surface area contributed by atoms with E-state index in [4.69, 9.17) is 4.74 Å². The molecule has 5 nitrogen and oxygen atoms in total. The van der Waals surface area contributed by atoms with Crippen molar-refractivity contribution < 1.29 is 19.4 Å². The Morgan fingerprint density at radius 3 is 2.32 bits per heavy atom. The number of anilines is 1. The minimum absolute atomic E-state index is 0.0673. The number of Topliss-reactive ketones (excluding diaryl/α,β-unsaturated/α-hetero) is 1. The molecule has 1 aliphatic rings. The number of carbonyl (C=O) groups is 2. The average molecular weight is 492 g/mol. The molecule has 0 saturated carbocycles. The van der Waals surface area contributed by atoms with Crippen LogP contribution >= 0.6 is 0 Å². The Balaban J connectivity index is 1.65. The van der Waals surface area contributed by atoms with Crippen LogP contribution in [-0.2, 0) is 9.59 Å². The number of aliphatic hydroxyl groups is 1. The van der Waals surface area contributed by atoms with Crippen molar-refractivity contribution >= 4 is 33.9 Å². The number of amides is 1. The summed E-state index contributed by atoms with van der Waals surface area (Å²) < 4.78 is 5.83. The highest BCUT2D eigenvalue weighted by atomic mass is 16.5. The quantitative estimate of drug-likeness (QED) is 0.183. The Hall–Kier alpha value is -4.38. The van der Waals surface area contributed by atoms with E-state index in [2.05, 4.69) is 13.8 Å². The number of aryl methyl sites for hydroxylation is 1. The van der Waals surface area contributed by atoms with Gasteiger partial charge in [0.2, 0.25) is 0 Å². The van der Waals surface area contributed by atoms with Gasteiger partial charge in [0.05, 0.1) is 18.2 Å². The SMILES string of the molecule is Cc1cccc(N2C(=O)C(=O)/C(=C(\O)c3ccc4ccccc4c3)C2c2ccc(OCC(C)C)cc2)c1. The van der Waals surface area contributed by atoms with Crippen LogP contribution in [0.2, 0.25) is 0 Å². The van der Waals surface area contributed by atoms with Crippen molar-refractivity contribution in [3.63, 3.8) is 0 Å². The Morgan fingerprint density at radius 2 is 1.62 bits per heavy atom. The highest BCUT2D eigenvalue weighted by Crippen LogP contribution is 2.42. The first-order valence-electron chi connectivity index (χ1n) is 12.4. The number of nitrogens with zero attached hydrogens (tertiary/aromatic N) is 1. The first kappa shape index (κ1) is 24.3. The summed E-state index contributed by atoms with van der Waals surface area (Å²) in [6.45, 7) is 6.68. The van der Waals surface area contributed by atoms with Crippen molar-refractivity contribution in [3.05, 3.63) is 113 Å². The number of aliphatic hydroxyl groups excluding tert-OH is 1. The predicted octanol–water partition coefficient (Wildman–Crippen LogP) is 6.81. The monoisotopic (exact) mass is 491 g/mol. The molecule has 0 aromatic heterocycles. The van der Waals surface area contributed by atoms with Crippen LogP contribution in [0.3, 0.4) is 0 Å². The van der Waals surface area contributed by atoms with Crippen LogP contribution in [0, 0.1) is 12.8 Å². The van der Waals surface area contributed by atoms with Crippen LogP contribution in [0.5, 0.6) is 5.75 Å². The summed E-state index contributed by atoms with van der Waals surface area (Å²) in [5.74, 6) is -0.478. The molecule has 1 unspecified atom stereocenters. The van der Waals surface area contributed by atoms with Gasteiger partial charge in [0.15, 0.2) is 0 Å². The molecule has 4 aromatic rings. The molecule has 5 heteroatoms. The maximum atomic E-state index is 13.4. The van der Waals surface area contributed by atoms with Gasteiger partial charge in [-0.25, -0.2) is 0 Å². The third kappa shape index (κ3) is 4.73. The summed E-state index contributed by atoms with van der Waals surface area (Å²) in [6.07, 6.45) is 0. The first-order valence-corrected chi connectivity index (χ1v) is 12.4. The minimum atomic E-state index is -0.785. The molecular weight excluding hydrogens is 462 g/mol. The van der Waals surface area contributed by atoms with Crippen LogP contribution in [0.25, 0.3) is 16.5 Å². The van der Waals surface area contributed by atoms with Crippen molar-refractivity contribution in [3.8, 4) is 5.75 Å². The normalized spacial score (nSPS) is 17.1. The fraction of sp³-hybridized carbons (Fsp3) is 0.188. The third-order valence-corrected chi connectivity index (χ3v) is 6.53. The molecule has 1 N–H and O–H groups in total. The summed E-state index contributed by atoms with van der Waals surface area (Å²) in [5, 5.41) is 13.4. The molecule has 1 amide bonds. The topological polar surface area (TPSA) is 66.8 Å². The van der Waals surface area contributed by atoms with Gasteiger partial charge in [0, 0.05) is 11.3 Å². The van der Waals surface area contributed by atoms with Crippen molar-refractivity contribution in [1.29, 1.82) is 0 Å². The zero-order valence-corrected chi connectivity index (χ0v) is 21.1. The second kappa shape index (κ2) is 9.94. The molecule has 37 heavy (non-hydrogen) atoms. The van der Waals surface area contributed by atoms with Gasteiger partial charge in [0.25, 0.3) is 11.7 Å². The molecule has 1 fully saturated rings. The van der Waals surface area contributed by atoms with Crippen molar-refractivity contribution in [2.75, 3.05) is 11.5 Å². The van der Waals surface area contributed by atoms with Gasteiger partial charge < -0.3 is 9.84 Å². The number of rotatable bonds is 6. The lowest BCUT2D eigenvalue weighted by molar-refractivity contribution is -0.132. The van der Waals surface area contributed by atoms with E-state index in [0.717, 1.165) is 16.3 Å². The lowest BCUT2D eigenvalue weighted by Gasteiger charge is -2.26. The van der Waals surface area contributed by atoms with Gasteiger partial charge in [0.1, 0.15) is 11.5 Å².